The third-order valence-electron chi connectivity index (χ3n) is 2.59. The van der Waals surface area contributed by atoms with Gasteiger partial charge in [-0.25, -0.2) is 0 Å². The van der Waals surface area contributed by atoms with Crippen LogP contribution in [0.15, 0.2) is 53.4 Å². The number of rotatable bonds is 3. The second-order valence-corrected chi connectivity index (χ2v) is 4.54. The van der Waals surface area contributed by atoms with Gasteiger partial charge in [-0.2, -0.15) is 0 Å². The van der Waals surface area contributed by atoms with Gasteiger partial charge in [-0.15, -0.1) is 10.2 Å². The molecule has 4 nitrogen and oxygen atoms in total. The van der Waals surface area contributed by atoms with E-state index in [-0.39, 0.29) is 0 Å². The minimum Gasteiger partial charge on any atom is -0.489 e. The van der Waals surface area contributed by atoms with Crippen LogP contribution >= 0.6 is 15.9 Å². The van der Waals surface area contributed by atoms with Crippen LogP contribution in [0.2, 0.25) is 0 Å². The smallest absolute Gasteiger partial charge is 0.204 e. The number of ether oxygens (including phenoxy) is 1. The van der Waals surface area contributed by atoms with Gasteiger partial charge < -0.3 is 4.74 Å². The summed E-state index contributed by atoms with van der Waals surface area (Å²) in [5.41, 5.74) is 1.90. The molecule has 1 aromatic carbocycles. The van der Waals surface area contributed by atoms with E-state index in [0.29, 0.717) is 11.3 Å². The molecular weight excluding hydrogens is 294 g/mol. The monoisotopic (exact) mass is 303 g/mol. The van der Waals surface area contributed by atoms with Crippen LogP contribution in [0.1, 0.15) is 5.56 Å². The number of nitrogens with zero attached hydrogens (tertiary/aromatic N) is 3. The normalized spacial score (nSPS) is 10.7. The topological polar surface area (TPSA) is 39.4 Å². The van der Waals surface area contributed by atoms with Crippen LogP contribution in [-0.4, -0.2) is 14.6 Å². The fourth-order valence-electron chi connectivity index (χ4n) is 1.67. The molecule has 3 aromatic rings. The number of aromatic nitrogens is 3. The molecule has 90 valence electrons. The first-order chi connectivity index (χ1) is 8.83. The molecule has 0 amide bonds. The number of pyridine rings is 1. The van der Waals surface area contributed by atoms with Crippen molar-refractivity contribution in [2.45, 2.75) is 6.61 Å². The van der Waals surface area contributed by atoms with Gasteiger partial charge in [0.15, 0.2) is 5.65 Å². The highest BCUT2D eigenvalue weighted by Gasteiger charge is 2.03. The summed E-state index contributed by atoms with van der Waals surface area (Å²) in [6.07, 6.45) is 1.87. The van der Waals surface area contributed by atoms with Crippen molar-refractivity contribution in [3.8, 4) is 5.75 Å². The fourth-order valence-corrected chi connectivity index (χ4v) is 2.05. The summed E-state index contributed by atoms with van der Waals surface area (Å²) >= 11 is 3.32. The van der Waals surface area contributed by atoms with E-state index in [1.807, 2.05) is 53.1 Å². The van der Waals surface area contributed by atoms with Crippen LogP contribution in [0.4, 0.5) is 0 Å². The Morgan fingerprint density at radius 2 is 1.94 bits per heavy atom. The predicted octanol–water partition coefficient (Wildman–Crippen LogP) is 3.07. The number of halogens is 1. The standard InChI is InChI=1S/C13H10BrN3O/c14-13-16-15-12-8-11(6-7-17(12)13)18-9-10-4-2-1-3-5-10/h1-8H,9H2. The van der Waals surface area contributed by atoms with Crippen LogP contribution in [0, 0.1) is 0 Å². The Morgan fingerprint density at radius 1 is 1.11 bits per heavy atom. The fraction of sp³-hybridized carbons (Fsp3) is 0.0769. The van der Waals surface area contributed by atoms with Crippen molar-refractivity contribution in [2.75, 3.05) is 0 Å². The van der Waals surface area contributed by atoms with Crippen molar-refractivity contribution in [3.63, 3.8) is 0 Å². The number of hydrogen-bond acceptors (Lipinski definition) is 3. The van der Waals surface area contributed by atoms with Crippen LogP contribution < -0.4 is 4.74 Å². The van der Waals surface area contributed by atoms with Gasteiger partial charge in [0.05, 0.1) is 0 Å². The van der Waals surface area contributed by atoms with Gasteiger partial charge in [0, 0.05) is 12.3 Å². The van der Waals surface area contributed by atoms with Gasteiger partial charge in [0.1, 0.15) is 12.4 Å². The zero-order chi connectivity index (χ0) is 12.4. The molecule has 5 heteroatoms. The molecule has 0 saturated carbocycles. The minimum absolute atomic E-state index is 0.548. The van der Waals surface area contributed by atoms with Crippen molar-refractivity contribution in [2.24, 2.45) is 0 Å². The molecule has 3 rings (SSSR count). The Morgan fingerprint density at radius 3 is 2.78 bits per heavy atom. The highest BCUT2D eigenvalue weighted by molar-refractivity contribution is 9.10. The van der Waals surface area contributed by atoms with Gasteiger partial charge in [-0.3, -0.25) is 4.40 Å². The summed E-state index contributed by atoms with van der Waals surface area (Å²) < 4.78 is 8.24. The number of fused-ring (bicyclic) bond motifs is 1. The third-order valence-corrected chi connectivity index (χ3v) is 3.13. The molecule has 0 atom stereocenters. The van der Waals surface area contributed by atoms with Gasteiger partial charge in [-0.1, -0.05) is 30.3 Å². The van der Waals surface area contributed by atoms with Gasteiger partial charge in [0.25, 0.3) is 0 Å². The SMILES string of the molecule is Brc1nnc2cc(OCc3ccccc3)ccn12. The molecule has 0 aliphatic rings. The molecule has 0 radical (unpaired) electrons. The van der Waals surface area contributed by atoms with Crippen molar-refractivity contribution in [1.29, 1.82) is 0 Å². The second-order valence-electron chi connectivity index (χ2n) is 3.83. The zero-order valence-electron chi connectivity index (χ0n) is 9.45. The quantitative estimate of drug-likeness (QED) is 0.746. The third kappa shape index (κ3) is 2.22. The van der Waals surface area contributed by atoms with Gasteiger partial charge in [-0.05, 0) is 27.6 Å². The summed E-state index contributed by atoms with van der Waals surface area (Å²) in [6.45, 7) is 0.548. The number of hydrogen-bond donors (Lipinski definition) is 0. The zero-order valence-corrected chi connectivity index (χ0v) is 11.0. The highest BCUT2D eigenvalue weighted by atomic mass is 79.9. The van der Waals surface area contributed by atoms with E-state index >= 15 is 0 Å². The van der Waals surface area contributed by atoms with Crippen molar-refractivity contribution < 1.29 is 4.74 Å². The molecule has 0 aliphatic heterocycles. The molecule has 2 aromatic heterocycles. The summed E-state index contributed by atoms with van der Waals surface area (Å²) in [6, 6.07) is 13.8. The first kappa shape index (κ1) is 11.2. The summed E-state index contributed by atoms with van der Waals surface area (Å²) in [7, 11) is 0. The maximum absolute atomic E-state index is 5.71. The largest absolute Gasteiger partial charge is 0.489 e. The minimum atomic E-state index is 0.548. The van der Waals surface area contributed by atoms with Crippen molar-refractivity contribution in [1.82, 2.24) is 14.6 Å². The van der Waals surface area contributed by atoms with E-state index in [1.165, 1.54) is 0 Å². The lowest BCUT2D eigenvalue weighted by Gasteiger charge is -2.06. The predicted molar refractivity (Wildman–Crippen MR) is 71.5 cm³/mol. The van der Waals surface area contributed by atoms with Gasteiger partial charge >= 0.3 is 0 Å². The lowest BCUT2D eigenvalue weighted by molar-refractivity contribution is 0.306. The Hall–Kier alpha value is -1.88. The molecular formula is C13H10BrN3O. The Balaban J connectivity index is 1.79. The second kappa shape index (κ2) is 4.78. The Kier molecular flexibility index (Phi) is 2.98. The lowest BCUT2D eigenvalue weighted by Crippen LogP contribution is -1.95. The molecule has 0 fully saturated rings. The Labute approximate surface area is 112 Å². The molecule has 0 bridgehead atoms. The number of benzene rings is 1. The van der Waals surface area contributed by atoms with E-state index in [1.54, 1.807) is 0 Å². The van der Waals surface area contributed by atoms with Gasteiger partial charge in [0.2, 0.25) is 4.73 Å². The maximum atomic E-state index is 5.71. The van der Waals surface area contributed by atoms with Crippen LogP contribution in [0.5, 0.6) is 5.75 Å². The molecule has 0 aliphatic carbocycles. The molecule has 0 spiro atoms. The Bertz CT molecular complexity index is 666. The van der Waals surface area contributed by atoms with Crippen LogP contribution in [0.25, 0.3) is 5.65 Å². The average Bonchev–Trinajstić information content (AvgIpc) is 2.79. The molecule has 2 heterocycles. The van der Waals surface area contributed by atoms with E-state index < -0.39 is 0 Å². The molecule has 18 heavy (non-hydrogen) atoms. The summed E-state index contributed by atoms with van der Waals surface area (Å²) in [4.78, 5) is 0. The van der Waals surface area contributed by atoms with E-state index in [9.17, 15) is 0 Å². The molecule has 0 saturated heterocycles. The van der Waals surface area contributed by atoms with Crippen molar-refractivity contribution in [3.05, 3.63) is 59.0 Å². The first-order valence-electron chi connectivity index (χ1n) is 5.50. The lowest BCUT2D eigenvalue weighted by atomic mass is 10.2. The van der Waals surface area contributed by atoms with E-state index in [4.69, 9.17) is 4.74 Å². The molecule has 0 unspecified atom stereocenters. The van der Waals surface area contributed by atoms with Crippen molar-refractivity contribution >= 4 is 21.6 Å². The van der Waals surface area contributed by atoms with Crippen LogP contribution in [0.3, 0.4) is 0 Å². The first-order valence-corrected chi connectivity index (χ1v) is 6.29. The van der Waals surface area contributed by atoms with Crippen LogP contribution in [-0.2, 0) is 6.61 Å². The van der Waals surface area contributed by atoms with E-state index in [0.717, 1.165) is 17.0 Å². The maximum Gasteiger partial charge on any atom is 0.204 e. The highest BCUT2D eigenvalue weighted by Crippen LogP contribution is 2.17. The summed E-state index contributed by atoms with van der Waals surface area (Å²) in [5, 5.41) is 7.95. The molecule has 0 N–H and O–H groups in total. The average molecular weight is 304 g/mol. The van der Waals surface area contributed by atoms with E-state index in [2.05, 4.69) is 26.1 Å². The summed E-state index contributed by atoms with van der Waals surface area (Å²) in [5.74, 6) is 0.784.